The second kappa shape index (κ2) is 19.4. The van der Waals surface area contributed by atoms with E-state index in [0.29, 0.717) is 19.6 Å². The Labute approximate surface area is 204 Å². The van der Waals surface area contributed by atoms with Crippen molar-refractivity contribution in [3.05, 3.63) is 12.2 Å². The molecule has 0 fully saturated rings. The number of hydrogen-bond donors (Lipinski definition) is 3. The van der Waals surface area contributed by atoms with E-state index in [-0.39, 0.29) is 22.2 Å². The molecule has 3 N–H and O–H groups in total. The van der Waals surface area contributed by atoms with Crippen molar-refractivity contribution in [3.63, 3.8) is 0 Å². The second-order valence-electron chi connectivity index (χ2n) is 10.6. The third kappa shape index (κ3) is 14.8. The van der Waals surface area contributed by atoms with Crippen LogP contribution in [-0.4, -0.2) is 90.4 Å². The summed E-state index contributed by atoms with van der Waals surface area (Å²) in [5.74, 6) is -0.867. The first-order valence-electron chi connectivity index (χ1n) is 13.5. The highest BCUT2D eigenvalue weighted by Crippen LogP contribution is 2.22. The molecule has 0 radical (unpaired) electrons. The van der Waals surface area contributed by atoms with Crippen molar-refractivity contribution in [2.24, 2.45) is 0 Å². The first-order valence-corrected chi connectivity index (χ1v) is 13.5. The third-order valence-corrected chi connectivity index (χ3v) is 6.68. The SMILES string of the molecule is CCCCCCCCC=CCCCCCCCC[N+](CCO)(CCO)C(C(=O)O)[N+](C)(C)C. The third-order valence-electron chi connectivity index (χ3n) is 6.68. The quantitative estimate of drug-likeness (QED) is 0.0852. The van der Waals surface area contributed by atoms with Crippen LogP contribution in [0.15, 0.2) is 12.2 Å². The zero-order valence-electron chi connectivity index (χ0n) is 22.3. The molecule has 1 atom stereocenters. The van der Waals surface area contributed by atoms with Crippen LogP contribution < -0.4 is 0 Å². The van der Waals surface area contributed by atoms with Crippen LogP contribution in [0.25, 0.3) is 0 Å². The highest BCUT2D eigenvalue weighted by atomic mass is 16.4. The van der Waals surface area contributed by atoms with Crippen LogP contribution in [0.3, 0.4) is 0 Å². The summed E-state index contributed by atoms with van der Waals surface area (Å²) in [5.41, 5.74) is 0. The van der Waals surface area contributed by atoms with Gasteiger partial charge in [-0.3, -0.25) is 8.97 Å². The summed E-state index contributed by atoms with van der Waals surface area (Å²) in [6.07, 6.45) is 21.4. The summed E-state index contributed by atoms with van der Waals surface area (Å²) in [5, 5.41) is 29.2. The minimum absolute atomic E-state index is 0.0733. The van der Waals surface area contributed by atoms with Crippen molar-refractivity contribution in [2.45, 2.75) is 103 Å². The summed E-state index contributed by atoms with van der Waals surface area (Å²) in [6.45, 7) is 3.51. The van der Waals surface area contributed by atoms with Gasteiger partial charge in [0.2, 0.25) is 0 Å². The molecular formula is C27H56N2O4+2. The van der Waals surface area contributed by atoms with Crippen LogP contribution >= 0.6 is 0 Å². The number of quaternary nitrogens is 2. The minimum Gasteiger partial charge on any atom is -0.472 e. The standard InChI is InChI=1S/C27H55N2O4/c1-5-6-7-8-9-10-11-12-13-14-15-16-17-18-19-20-21-29(22-24-30,23-25-31)26(27(32)33)28(2,3)4/h12-13,26,30-31H,5-11,14-25H2,1-4H3/q+1/p+1. The molecule has 0 saturated carbocycles. The zero-order chi connectivity index (χ0) is 25.0. The number of aliphatic hydroxyl groups excluding tert-OH is 2. The van der Waals surface area contributed by atoms with Gasteiger partial charge in [0.05, 0.1) is 40.9 Å². The number of unbranched alkanes of at least 4 members (excludes halogenated alkanes) is 12. The molecule has 0 aromatic carbocycles. The van der Waals surface area contributed by atoms with Gasteiger partial charge in [-0.05, 0) is 38.5 Å². The van der Waals surface area contributed by atoms with Crippen LogP contribution in [0, 0.1) is 0 Å². The number of rotatable bonds is 23. The first kappa shape index (κ1) is 32.0. The van der Waals surface area contributed by atoms with E-state index in [4.69, 9.17) is 0 Å². The predicted octanol–water partition coefficient (Wildman–Crippen LogP) is 4.94. The van der Waals surface area contributed by atoms with Crippen molar-refractivity contribution >= 4 is 5.97 Å². The molecule has 196 valence electrons. The Morgan fingerprint density at radius 2 is 1.12 bits per heavy atom. The summed E-state index contributed by atoms with van der Waals surface area (Å²) in [7, 11) is 5.63. The van der Waals surface area contributed by atoms with E-state index in [1.807, 2.05) is 21.1 Å². The van der Waals surface area contributed by atoms with E-state index < -0.39 is 12.1 Å². The molecule has 0 aromatic rings. The number of allylic oxidation sites excluding steroid dienone is 2. The molecule has 0 aliphatic rings. The number of carbonyl (C=O) groups is 1. The normalized spacial score (nSPS) is 13.6. The summed E-state index contributed by atoms with van der Waals surface area (Å²) < 4.78 is 0.497. The van der Waals surface area contributed by atoms with Gasteiger partial charge in [0.15, 0.2) is 0 Å². The maximum absolute atomic E-state index is 12.1. The summed E-state index contributed by atoms with van der Waals surface area (Å²) in [4.78, 5) is 12.1. The lowest BCUT2D eigenvalue weighted by Gasteiger charge is -2.46. The number of hydrogen-bond acceptors (Lipinski definition) is 3. The van der Waals surface area contributed by atoms with Gasteiger partial charge in [-0.1, -0.05) is 70.4 Å². The number of carboxylic acid groups (broad SMARTS) is 1. The van der Waals surface area contributed by atoms with Gasteiger partial charge in [-0.25, -0.2) is 4.79 Å². The van der Waals surface area contributed by atoms with Crippen LogP contribution in [-0.2, 0) is 4.79 Å². The van der Waals surface area contributed by atoms with Crippen LogP contribution in [0.5, 0.6) is 0 Å². The van der Waals surface area contributed by atoms with Crippen molar-refractivity contribution in [2.75, 3.05) is 54.0 Å². The number of aliphatic carboxylic acids is 1. The average molecular weight is 473 g/mol. The maximum Gasteiger partial charge on any atom is 0.423 e. The molecule has 0 aromatic heterocycles. The Morgan fingerprint density at radius 3 is 1.52 bits per heavy atom. The number of aliphatic hydroxyl groups is 2. The second-order valence-corrected chi connectivity index (χ2v) is 10.6. The number of carboxylic acids is 1. The van der Waals surface area contributed by atoms with Gasteiger partial charge in [0.25, 0.3) is 0 Å². The van der Waals surface area contributed by atoms with E-state index in [9.17, 15) is 20.1 Å². The monoisotopic (exact) mass is 472 g/mol. The van der Waals surface area contributed by atoms with E-state index in [1.54, 1.807) is 0 Å². The van der Waals surface area contributed by atoms with E-state index in [2.05, 4.69) is 19.1 Å². The fourth-order valence-electron chi connectivity index (χ4n) is 5.08. The van der Waals surface area contributed by atoms with Crippen LogP contribution in [0.1, 0.15) is 96.8 Å². The molecule has 1 unspecified atom stereocenters. The Hall–Kier alpha value is -0.950. The lowest BCUT2D eigenvalue weighted by molar-refractivity contribution is -1.10. The Balaban J connectivity index is 4.18. The molecule has 0 spiro atoms. The van der Waals surface area contributed by atoms with Crippen LogP contribution in [0.4, 0.5) is 0 Å². The lowest BCUT2D eigenvalue weighted by atomic mass is 10.1. The molecular weight excluding hydrogens is 416 g/mol. The lowest BCUT2D eigenvalue weighted by Crippen LogP contribution is -2.71. The van der Waals surface area contributed by atoms with Crippen molar-refractivity contribution in [3.8, 4) is 0 Å². The molecule has 0 heterocycles. The Kier molecular flexibility index (Phi) is 18.8. The average Bonchev–Trinajstić information content (AvgIpc) is 2.72. The number of nitrogens with zero attached hydrogens (tertiary/aromatic N) is 2. The topological polar surface area (TPSA) is 77.8 Å². The summed E-state index contributed by atoms with van der Waals surface area (Å²) in [6, 6.07) is 0. The van der Waals surface area contributed by atoms with E-state index in [1.165, 1.54) is 70.6 Å². The molecule has 6 heteroatoms. The highest BCUT2D eigenvalue weighted by Gasteiger charge is 2.49. The molecule has 0 rings (SSSR count). The molecule has 0 amide bonds. The Morgan fingerprint density at radius 1 is 0.697 bits per heavy atom. The Bertz CT molecular complexity index is 497. The fourth-order valence-corrected chi connectivity index (χ4v) is 5.08. The zero-order valence-corrected chi connectivity index (χ0v) is 22.3. The maximum atomic E-state index is 12.1. The van der Waals surface area contributed by atoms with E-state index >= 15 is 0 Å². The molecule has 0 aliphatic heterocycles. The highest BCUT2D eigenvalue weighted by molar-refractivity contribution is 5.70. The van der Waals surface area contributed by atoms with Gasteiger partial charge >= 0.3 is 12.1 Å². The fraction of sp³-hybridized carbons (Fsp3) is 0.889. The van der Waals surface area contributed by atoms with Gasteiger partial charge in [-0.2, -0.15) is 0 Å². The van der Waals surface area contributed by atoms with Gasteiger partial charge < -0.3 is 15.3 Å². The first-order chi connectivity index (χ1) is 15.7. The van der Waals surface area contributed by atoms with Crippen molar-refractivity contribution in [1.29, 1.82) is 0 Å². The molecule has 0 bridgehead atoms. The molecule has 0 saturated heterocycles. The summed E-state index contributed by atoms with van der Waals surface area (Å²) >= 11 is 0. The number of likely N-dealkylation sites (N-methyl/N-ethyl adjacent to an activating group) is 1. The largest absolute Gasteiger partial charge is 0.472 e. The van der Waals surface area contributed by atoms with Crippen LogP contribution in [0.2, 0.25) is 0 Å². The molecule has 33 heavy (non-hydrogen) atoms. The minimum atomic E-state index is -0.867. The molecule has 0 aliphatic carbocycles. The van der Waals surface area contributed by atoms with Gasteiger partial charge in [0.1, 0.15) is 13.1 Å². The van der Waals surface area contributed by atoms with Crippen molar-refractivity contribution in [1.82, 2.24) is 0 Å². The van der Waals surface area contributed by atoms with Crippen molar-refractivity contribution < 1.29 is 29.1 Å². The molecule has 6 nitrogen and oxygen atoms in total. The van der Waals surface area contributed by atoms with E-state index in [0.717, 1.165) is 19.3 Å². The van der Waals surface area contributed by atoms with Gasteiger partial charge in [0, 0.05) is 0 Å². The van der Waals surface area contributed by atoms with Gasteiger partial charge in [-0.15, -0.1) is 0 Å². The predicted molar refractivity (Wildman–Crippen MR) is 138 cm³/mol. The smallest absolute Gasteiger partial charge is 0.423 e.